The van der Waals surface area contributed by atoms with Crippen LogP contribution in [-0.4, -0.2) is 20.4 Å². The van der Waals surface area contributed by atoms with Crippen molar-refractivity contribution in [2.45, 2.75) is 31.3 Å². The van der Waals surface area contributed by atoms with Gasteiger partial charge in [-0.3, -0.25) is 0 Å². The Morgan fingerprint density at radius 2 is 2.25 bits per heavy atom. The zero-order valence-electron chi connectivity index (χ0n) is 11.5. The quantitative estimate of drug-likeness (QED) is 0.849. The first-order valence-electron chi connectivity index (χ1n) is 6.09. The minimum Gasteiger partial charge on any atom is -0.464 e. The second-order valence-electron chi connectivity index (χ2n) is 4.38. The maximum Gasteiger partial charge on any atom is 0.244 e. The monoisotopic (exact) mass is 315 g/mol. The van der Waals surface area contributed by atoms with Crippen molar-refractivity contribution in [3.63, 3.8) is 0 Å². The number of nitrogens with zero attached hydrogens (tertiary/aromatic N) is 1. The number of hydrogen-bond acceptors (Lipinski definition) is 6. The van der Waals surface area contributed by atoms with E-state index >= 15 is 0 Å². The number of furan rings is 1. The van der Waals surface area contributed by atoms with Gasteiger partial charge in [0, 0.05) is 17.6 Å². The summed E-state index contributed by atoms with van der Waals surface area (Å²) in [5, 5.41) is 5.46. The summed E-state index contributed by atoms with van der Waals surface area (Å²) in [5.41, 5.74) is 0. The highest BCUT2D eigenvalue weighted by atomic mass is 32.2. The van der Waals surface area contributed by atoms with Crippen LogP contribution in [-0.2, 0) is 16.6 Å². The smallest absolute Gasteiger partial charge is 0.244 e. The highest BCUT2D eigenvalue weighted by Gasteiger charge is 2.24. The highest BCUT2D eigenvalue weighted by Crippen LogP contribution is 2.23. The molecule has 2 rings (SSSR count). The van der Waals surface area contributed by atoms with E-state index in [-0.39, 0.29) is 10.9 Å². The van der Waals surface area contributed by atoms with E-state index in [1.165, 1.54) is 11.3 Å². The van der Waals surface area contributed by atoms with E-state index in [0.717, 1.165) is 5.01 Å². The Morgan fingerprint density at radius 1 is 1.50 bits per heavy atom. The maximum absolute atomic E-state index is 12.4. The van der Waals surface area contributed by atoms with E-state index < -0.39 is 10.0 Å². The van der Waals surface area contributed by atoms with Crippen molar-refractivity contribution in [1.82, 2.24) is 15.0 Å². The van der Waals surface area contributed by atoms with Crippen LogP contribution in [0.4, 0.5) is 0 Å². The molecule has 1 unspecified atom stereocenters. The second-order valence-corrected chi connectivity index (χ2v) is 6.99. The Balaban J connectivity index is 2.22. The Labute approximate surface area is 122 Å². The van der Waals surface area contributed by atoms with E-state index in [1.807, 2.05) is 5.38 Å². The number of rotatable bonds is 6. The summed E-state index contributed by atoms with van der Waals surface area (Å²) in [6.07, 6.45) is 1.65. The minimum atomic E-state index is -3.62. The molecule has 0 aromatic carbocycles. The first kappa shape index (κ1) is 15.2. The Kier molecular flexibility index (Phi) is 4.59. The summed E-state index contributed by atoms with van der Waals surface area (Å²) in [4.78, 5) is 4.28. The van der Waals surface area contributed by atoms with Gasteiger partial charge in [0.15, 0.2) is 0 Å². The third kappa shape index (κ3) is 3.26. The molecule has 0 amide bonds. The van der Waals surface area contributed by atoms with Crippen molar-refractivity contribution in [2.75, 3.05) is 7.05 Å². The van der Waals surface area contributed by atoms with E-state index in [9.17, 15) is 8.42 Å². The fourth-order valence-electron chi connectivity index (χ4n) is 1.85. The average molecular weight is 315 g/mol. The molecule has 8 heteroatoms. The van der Waals surface area contributed by atoms with Crippen molar-refractivity contribution < 1.29 is 12.8 Å². The average Bonchev–Trinajstić information content (AvgIpc) is 2.98. The Bertz CT molecular complexity index is 662. The van der Waals surface area contributed by atoms with Crippen LogP contribution in [0.25, 0.3) is 0 Å². The van der Waals surface area contributed by atoms with Crippen molar-refractivity contribution in [3.8, 4) is 0 Å². The first-order chi connectivity index (χ1) is 9.44. The van der Waals surface area contributed by atoms with Crippen LogP contribution in [0.1, 0.15) is 29.5 Å². The summed E-state index contributed by atoms with van der Waals surface area (Å²) in [7, 11) is -1.85. The summed E-state index contributed by atoms with van der Waals surface area (Å²) in [6.45, 7) is 3.89. The third-order valence-electron chi connectivity index (χ3n) is 2.72. The van der Waals surface area contributed by atoms with Crippen LogP contribution in [0.2, 0.25) is 0 Å². The number of sulfonamides is 1. The van der Waals surface area contributed by atoms with Crippen LogP contribution in [0, 0.1) is 6.92 Å². The first-order valence-corrected chi connectivity index (χ1v) is 8.46. The molecule has 2 N–H and O–H groups in total. The minimum absolute atomic E-state index is 0.172. The van der Waals surface area contributed by atoms with Crippen LogP contribution >= 0.6 is 11.3 Å². The molecule has 20 heavy (non-hydrogen) atoms. The molecule has 0 radical (unpaired) electrons. The number of hydrogen-bond donors (Lipinski definition) is 2. The van der Waals surface area contributed by atoms with Gasteiger partial charge in [-0.2, -0.15) is 0 Å². The lowest BCUT2D eigenvalue weighted by molar-refractivity contribution is 0.465. The van der Waals surface area contributed by atoms with Crippen molar-refractivity contribution >= 4 is 21.4 Å². The zero-order chi connectivity index (χ0) is 14.8. The molecular weight excluding hydrogens is 298 g/mol. The lowest BCUT2D eigenvalue weighted by Crippen LogP contribution is -2.27. The van der Waals surface area contributed by atoms with Crippen molar-refractivity contribution in [1.29, 1.82) is 0 Å². The molecule has 0 fully saturated rings. The van der Waals surface area contributed by atoms with E-state index in [0.29, 0.717) is 18.1 Å². The molecule has 0 aliphatic heterocycles. The molecule has 1 atom stereocenters. The second kappa shape index (κ2) is 6.04. The van der Waals surface area contributed by atoms with E-state index in [2.05, 4.69) is 15.0 Å². The number of nitrogens with one attached hydrogen (secondary N) is 2. The van der Waals surface area contributed by atoms with Gasteiger partial charge in [-0.1, -0.05) is 0 Å². The molecule has 0 saturated carbocycles. The van der Waals surface area contributed by atoms with E-state index in [4.69, 9.17) is 4.42 Å². The van der Waals surface area contributed by atoms with Gasteiger partial charge in [0.05, 0.1) is 12.6 Å². The fraction of sp³-hybridized carbons (Fsp3) is 0.417. The van der Waals surface area contributed by atoms with Gasteiger partial charge in [0.25, 0.3) is 0 Å². The Morgan fingerprint density at radius 3 is 2.85 bits per heavy atom. The van der Waals surface area contributed by atoms with Crippen LogP contribution in [0.5, 0.6) is 0 Å². The Hall–Kier alpha value is -1.22. The van der Waals surface area contributed by atoms with Gasteiger partial charge in [-0.15, -0.1) is 11.3 Å². The van der Waals surface area contributed by atoms with Crippen LogP contribution in [0.15, 0.2) is 27.0 Å². The number of aryl methyl sites for hydroxylation is 1. The van der Waals surface area contributed by atoms with Gasteiger partial charge < -0.3 is 9.73 Å². The van der Waals surface area contributed by atoms with E-state index in [1.54, 1.807) is 33.2 Å². The topological polar surface area (TPSA) is 84.2 Å². The van der Waals surface area contributed by atoms with Crippen molar-refractivity contribution in [3.05, 3.63) is 34.2 Å². The third-order valence-corrected chi connectivity index (χ3v) is 5.32. The standard InChI is InChI=1S/C12H17N3O3S2/c1-8(12-14-4-5-19-12)15-20(16,17)11-6-10(7-13-3)18-9(11)2/h4-6,8,13,15H,7H2,1-3H3. The predicted octanol–water partition coefficient (Wildman–Crippen LogP) is 1.80. The van der Waals surface area contributed by atoms with Crippen LogP contribution in [0.3, 0.4) is 0 Å². The van der Waals surface area contributed by atoms with Gasteiger partial charge in [-0.25, -0.2) is 18.1 Å². The summed E-state index contributed by atoms with van der Waals surface area (Å²) >= 11 is 1.41. The molecule has 0 bridgehead atoms. The fourth-order valence-corrected chi connectivity index (χ4v) is 3.98. The molecule has 0 aliphatic rings. The van der Waals surface area contributed by atoms with Gasteiger partial charge in [-0.05, 0) is 20.9 Å². The van der Waals surface area contributed by atoms with Gasteiger partial charge >= 0.3 is 0 Å². The summed E-state index contributed by atoms with van der Waals surface area (Å²) < 4.78 is 32.8. The predicted molar refractivity (Wildman–Crippen MR) is 77.1 cm³/mol. The van der Waals surface area contributed by atoms with Gasteiger partial charge in [0.2, 0.25) is 10.0 Å². The molecular formula is C12H17N3O3S2. The lowest BCUT2D eigenvalue weighted by Gasteiger charge is -2.10. The molecule has 0 saturated heterocycles. The van der Waals surface area contributed by atoms with Crippen LogP contribution < -0.4 is 10.0 Å². The molecule has 0 aliphatic carbocycles. The zero-order valence-corrected chi connectivity index (χ0v) is 13.1. The summed E-state index contributed by atoms with van der Waals surface area (Å²) in [5.74, 6) is 0.973. The number of aromatic nitrogens is 1. The molecule has 6 nitrogen and oxygen atoms in total. The molecule has 2 aromatic rings. The summed E-state index contributed by atoms with van der Waals surface area (Å²) in [6, 6.07) is 1.17. The lowest BCUT2D eigenvalue weighted by atomic mass is 10.4. The highest BCUT2D eigenvalue weighted by molar-refractivity contribution is 7.89. The van der Waals surface area contributed by atoms with Crippen molar-refractivity contribution in [2.24, 2.45) is 0 Å². The molecule has 0 spiro atoms. The molecule has 2 heterocycles. The van der Waals surface area contributed by atoms with Gasteiger partial charge in [0.1, 0.15) is 21.4 Å². The largest absolute Gasteiger partial charge is 0.464 e. The molecule has 110 valence electrons. The molecule has 2 aromatic heterocycles. The SMILES string of the molecule is CNCc1cc(S(=O)(=O)NC(C)c2nccs2)c(C)o1. The normalized spacial score (nSPS) is 13.6. The number of thiazole rings is 1. The maximum atomic E-state index is 12.4.